The molecular weight excluding hydrogens is 767 g/mol. The summed E-state index contributed by atoms with van der Waals surface area (Å²) in [4.78, 5) is 12.9. The van der Waals surface area contributed by atoms with Crippen molar-refractivity contribution in [3.05, 3.63) is 247 Å². The molecule has 11 aromatic rings. The Morgan fingerprint density at radius 2 is 0.921 bits per heavy atom. The van der Waals surface area contributed by atoms with E-state index >= 15 is 0 Å². The van der Waals surface area contributed by atoms with Gasteiger partial charge in [-0.1, -0.05) is 164 Å². The number of benzene rings is 9. The molecule has 0 atom stereocenters. The van der Waals surface area contributed by atoms with E-state index in [-0.39, 0.29) is 0 Å². The van der Waals surface area contributed by atoms with Crippen LogP contribution in [0.1, 0.15) is 22.3 Å². The van der Waals surface area contributed by atoms with Gasteiger partial charge >= 0.3 is 0 Å². The van der Waals surface area contributed by atoms with Crippen molar-refractivity contribution in [2.24, 2.45) is 0 Å². The zero-order valence-corrected chi connectivity index (χ0v) is 34.1. The van der Waals surface area contributed by atoms with Gasteiger partial charge in [0.1, 0.15) is 11.2 Å². The van der Waals surface area contributed by atoms with Crippen molar-refractivity contribution in [2.75, 3.05) is 4.90 Å². The number of hydrogen-bond acceptors (Lipinski definition) is 4. The van der Waals surface area contributed by atoms with E-state index in [9.17, 15) is 0 Å². The molecule has 13 rings (SSSR count). The maximum atomic E-state index is 6.32. The molecule has 2 aromatic heterocycles. The van der Waals surface area contributed by atoms with Gasteiger partial charge in [-0.2, -0.15) is 0 Å². The Labute approximate surface area is 365 Å². The van der Waals surface area contributed by atoms with Gasteiger partial charge < -0.3 is 9.32 Å². The van der Waals surface area contributed by atoms with Crippen molar-refractivity contribution in [1.29, 1.82) is 0 Å². The predicted octanol–water partition coefficient (Wildman–Crippen LogP) is 15.2. The van der Waals surface area contributed by atoms with E-state index in [0.29, 0.717) is 5.82 Å². The molecule has 1 aliphatic carbocycles. The highest BCUT2D eigenvalue weighted by Crippen LogP contribution is 2.63. The summed E-state index contributed by atoms with van der Waals surface area (Å²) in [6.07, 6.45) is 0. The van der Waals surface area contributed by atoms with Gasteiger partial charge in [0.15, 0.2) is 5.82 Å². The third-order valence-corrected chi connectivity index (χ3v) is 13.1. The molecule has 1 spiro atoms. The number of para-hydroxylation sites is 4. The second kappa shape index (κ2) is 13.8. The summed E-state index contributed by atoms with van der Waals surface area (Å²) in [6, 6.07) is 80.4. The van der Waals surface area contributed by atoms with Crippen LogP contribution in [0.3, 0.4) is 0 Å². The number of furan rings is 1. The van der Waals surface area contributed by atoms with Gasteiger partial charge in [0, 0.05) is 33.2 Å². The Morgan fingerprint density at radius 1 is 0.349 bits per heavy atom. The molecule has 2 aliphatic rings. The van der Waals surface area contributed by atoms with E-state index in [2.05, 4.69) is 211 Å². The molecule has 0 unspecified atom stereocenters. The topological polar surface area (TPSA) is 42.2 Å². The number of rotatable bonds is 5. The largest absolute Gasteiger partial charge is 0.456 e. The SMILES string of the molecule is c1ccc(-c2cc(-c3ccc4c(c3)oc3ccccc34)nc(-c3cccc(-c4ccc5c(c4)C4(c6ccccc6-5)c5ccccc5N(c5ccccc5)c5ccccc54)c3)n2)cc1. The van der Waals surface area contributed by atoms with E-state index in [4.69, 9.17) is 14.4 Å². The molecule has 4 heteroatoms. The fourth-order valence-electron chi connectivity index (χ4n) is 10.3. The number of aromatic nitrogens is 2. The maximum Gasteiger partial charge on any atom is 0.160 e. The molecule has 4 nitrogen and oxygen atoms in total. The Kier molecular flexibility index (Phi) is 7.79. The molecule has 0 fully saturated rings. The lowest BCUT2D eigenvalue weighted by Gasteiger charge is -2.45. The van der Waals surface area contributed by atoms with Crippen molar-refractivity contribution >= 4 is 39.0 Å². The Bertz CT molecular complexity index is 3540. The number of nitrogens with zero attached hydrogens (tertiary/aromatic N) is 3. The van der Waals surface area contributed by atoms with Crippen molar-refractivity contribution < 1.29 is 4.42 Å². The van der Waals surface area contributed by atoms with Crippen molar-refractivity contribution in [2.45, 2.75) is 5.41 Å². The first-order chi connectivity index (χ1) is 31.2. The van der Waals surface area contributed by atoms with E-state index in [1.54, 1.807) is 0 Å². The molecule has 1 aliphatic heterocycles. The first-order valence-electron chi connectivity index (χ1n) is 21.5. The highest BCUT2D eigenvalue weighted by molar-refractivity contribution is 6.06. The van der Waals surface area contributed by atoms with E-state index in [1.807, 2.05) is 18.2 Å². The molecule has 0 amide bonds. The van der Waals surface area contributed by atoms with Crippen molar-refractivity contribution in [3.8, 4) is 56.2 Å². The third-order valence-electron chi connectivity index (χ3n) is 13.1. The smallest absolute Gasteiger partial charge is 0.160 e. The number of hydrogen-bond donors (Lipinski definition) is 0. The predicted molar refractivity (Wildman–Crippen MR) is 257 cm³/mol. The van der Waals surface area contributed by atoms with Crippen LogP contribution in [0.2, 0.25) is 0 Å². The van der Waals surface area contributed by atoms with Gasteiger partial charge in [0.05, 0.1) is 28.2 Å². The molecular formula is C59H37N3O. The fourth-order valence-corrected chi connectivity index (χ4v) is 10.3. The van der Waals surface area contributed by atoms with Crippen LogP contribution in [0.15, 0.2) is 229 Å². The third kappa shape index (κ3) is 5.35. The van der Waals surface area contributed by atoms with Crippen LogP contribution < -0.4 is 4.90 Å². The molecule has 3 heterocycles. The minimum absolute atomic E-state index is 0.541. The highest BCUT2D eigenvalue weighted by atomic mass is 16.3. The lowest BCUT2D eigenvalue weighted by atomic mass is 9.64. The van der Waals surface area contributed by atoms with Crippen LogP contribution in [-0.4, -0.2) is 9.97 Å². The van der Waals surface area contributed by atoms with E-state index in [0.717, 1.165) is 66.8 Å². The van der Waals surface area contributed by atoms with Crippen LogP contribution in [0.4, 0.5) is 17.1 Å². The quantitative estimate of drug-likeness (QED) is 0.174. The van der Waals surface area contributed by atoms with Crippen molar-refractivity contribution in [1.82, 2.24) is 9.97 Å². The Balaban J connectivity index is 0.979. The van der Waals surface area contributed by atoms with Gasteiger partial charge in [0.25, 0.3) is 0 Å². The second-order valence-electron chi connectivity index (χ2n) is 16.5. The summed E-state index contributed by atoms with van der Waals surface area (Å²) in [6.45, 7) is 0. The van der Waals surface area contributed by atoms with Gasteiger partial charge in [-0.3, -0.25) is 0 Å². The fraction of sp³-hybridized carbons (Fsp3) is 0.0169. The van der Waals surface area contributed by atoms with Gasteiger partial charge in [-0.25, -0.2) is 9.97 Å². The average Bonchev–Trinajstić information content (AvgIpc) is 3.88. The molecule has 63 heavy (non-hydrogen) atoms. The number of fused-ring (bicyclic) bond motifs is 12. The minimum Gasteiger partial charge on any atom is -0.456 e. The summed E-state index contributed by atoms with van der Waals surface area (Å²) < 4.78 is 6.32. The van der Waals surface area contributed by atoms with Crippen LogP contribution in [0.25, 0.3) is 78.1 Å². The van der Waals surface area contributed by atoms with Crippen molar-refractivity contribution in [3.63, 3.8) is 0 Å². The molecule has 0 bridgehead atoms. The summed E-state index contributed by atoms with van der Waals surface area (Å²) in [5.41, 5.74) is 19.2. The zero-order chi connectivity index (χ0) is 41.5. The van der Waals surface area contributed by atoms with Crippen LogP contribution in [0, 0.1) is 0 Å². The van der Waals surface area contributed by atoms with Crippen LogP contribution in [-0.2, 0) is 5.41 Å². The highest BCUT2D eigenvalue weighted by Gasteiger charge is 2.51. The zero-order valence-electron chi connectivity index (χ0n) is 34.1. The number of anilines is 3. The molecule has 0 saturated carbocycles. The summed E-state index contributed by atoms with van der Waals surface area (Å²) in [5.74, 6) is 0.666. The molecule has 9 aromatic carbocycles. The van der Waals surface area contributed by atoms with Gasteiger partial charge in [0.2, 0.25) is 0 Å². The summed E-state index contributed by atoms with van der Waals surface area (Å²) in [5, 5.41) is 2.20. The van der Waals surface area contributed by atoms with E-state index < -0.39 is 5.41 Å². The molecule has 0 saturated heterocycles. The monoisotopic (exact) mass is 803 g/mol. The minimum atomic E-state index is -0.541. The van der Waals surface area contributed by atoms with Gasteiger partial charge in [-0.15, -0.1) is 0 Å². The van der Waals surface area contributed by atoms with Crippen LogP contribution >= 0.6 is 0 Å². The lowest BCUT2D eigenvalue weighted by Crippen LogP contribution is -2.36. The lowest BCUT2D eigenvalue weighted by molar-refractivity contribution is 0.669. The standard InChI is InChI=1S/C59H37N3O/c1-3-16-38(17-4-1)52-37-53(41-31-33-47-46-23-8-14-29-56(46)63-57(47)36-41)61-58(60-52)42-19-15-18-39(34-42)40-30-32-45-44-22-7-9-24-48(44)59(51(45)35-40)49-25-10-12-27-54(49)62(43-20-5-2-6-21-43)55-28-13-11-26-50(55)59/h1-37H. The Hall–Kier alpha value is -8.34. The van der Waals surface area contributed by atoms with Gasteiger partial charge in [-0.05, 0) is 105 Å². The first-order valence-corrected chi connectivity index (χ1v) is 21.5. The van der Waals surface area contributed by atoms with E-state index in [1.165, 1.54) is 44.8 Å². The Morgan fingerprint density at radius 3 is 1.71 bits per heavy atom. The maximum absolute atomic E-state index is 6.32. The molecule has 0 N–H and O–H groups in total. The summed E-state index contributed by atoms with van der Waals surface area (Å²) >= 11 is 0. The first kappa shape index (κ1) is 35.4. The van der Waals surface area contributed by atoms with Crippen LogP contribution in [0.5, 0.6) is 0 Å². The molecule has 294 valence electrons. The normalized spacial score (nSPS) is 13.2. The molecule has 0 radical (unpaired) electrons. The average molecular weight is 804 g/mol. The second-order valence-corrected chi connectivity index (χ2v) is 16.5. The summed E-state index contributed by atoms with van der Waals surface area (Å²) in [7, 11) is 0.